The maximum Gasteiger partial charge on any atom is 0.141 e. The van der Waals surface area contributed by atoms with E-state index in [1.807, 2.05) is 13.8 Å². The molecule has 17 heavy (non-hydrogen) atoms. The van der Waals surface area contributed by atoms with Gasteiger partial charge in [0.1, 0.15) is 5.82 Å². The van der Waals surface area contributed by atoms with Crippen LogP contribution in [0.15, 0.2) is 18.2 Å². The predicted molar refractivity (Wildman–Crippen MR) is 66.6 cm³/mol. The molecular weight excluding hydrogens is 243 g/mol. The van der Waals surface area contributed by atoms with E-state index in [2.05, 4.69) is 0 Å². The van der Waals surface area contributed by atoms with Gasteiger partial charge in [-0.25, -0.2) is 4.39 Å². The summed E-state index contributed by atoms with van der Waals surface area (Å²) in [5.74, 6) is -0.347. The SMILES string of the molecule is CC(C)C(CO)(CO)Cc1ccc(F)c(Cl)c1. The van der Waals surface area contributed by atoms with E-state index in [0.29, 0.717) is 6.42 Å². The lowest BCUT2D eigenvalue weighted by Gasteiger charge is -2.34. The molecule has 0 heterocycles. The summed E-state index contributed by atoms with van der Waals surface area (Å²) in [6, 6.07) is 4.47. The van der Waals surface area contributed by atoms with Gasteiger partial charge in [-0.3, -0.25) is 0 Å². The van der Waals surface area contributed by atoms with Crippen molar-refractivity contribution in [2.45, 2.75) is 20.3 Å². The fourth-order valence-corrected chi connectivity index (χ4v) is 1.99. The van der Waals surface area contributed by atoms with Crippen LogP contribution >= 0.6 is 11.6 Å². The molecule has 0 saturated carbocycles. The van der Waals surface area contributed by atoms with Gasteiger partial charge >= 0.3 is 0 Å². The molecule has 0 unspecified atom stereocenters. The summed E-state index contributed by atoms with van der Waals surface area (Å²) >= 11 is 5.71. The van der Waals surface area contributed by atoms with Crippen LogP contribution in [0.1, 0.15) is 19.4 Å². The van der Waals surface area contributed by atoms with E-state index in [0.717, 1.165) is 5.56 Å². The highest BCUT2D eigenvalue weighted by molar-refractivity contribution is 6.30. The molecule has 0 amide bonds. The minimum absolute atomic E-state index is 0.0658. The molecule has 0 radical (unpaired) electrons. The Hall–Kier alpha value is -0.640. The maximum absolute atomic E-state index is 13.0. The Morgan fingerprint density at radius 1 is 1.29 bits per heavy atom. The van der Waals surface area contributed by atoms with Gasteiger partial charge in [-0.15, -0.1) is 0 Å². The lowest BCUT2D eigenvalue weighted by Crippen LogP contribution is -2.37. The Morgan fingerprint density at radius 3 is 2.29 bits per heavy atom. The second kappa shape index (κ2) is 5.80. The van der Waals surface area contributed by atoms with Crippen molar-refractivity contribution in [3.8, 4) is 0 Å². The Labute approximate surface area is 106 Å². The third-order valence-electron chi connectivity index (χ3n) is 3.39. The van der Waals surface area contributed by atoms with Gasteiger partial charge in [0.15, 0.2) is 0 Å². The van der Waals surface area contributed by atoms with Gasteiger partial charge in [0.05, 0.1) is 18.2 Å². The van der Waals surface area contributed by atoms with Crippen molar-refractivity contribution in [3.05, 3.63) is 34.6 Å². The molecule has 4 heteroatoms. The summed E-state index contributed by atoms with van der Waals surface area (Å²) < 4.78 is 13.0. The molecule has 0 bridgehead atoms. The molecule has 96 valence electrons. The minimum atomic E-state index is -0.596. The summed E-state index contributed by atoms with van der Waals surface area (Å²) in [5, 5.41) is 19.0. The Bertz CT molecular complexity index is 376. The molecule has 0 spiro atoms. The van der Waals surface area contributed by atoms with Crippen LogP contribution in [0.5, 0.6) is 0 Å². The molecule has 0 aromatic heterocycles. The van der Waals surface area contributed by atoms with Gasteiger partial charge in [-0.05, 0) is 30.0 Å². The number of benzene rings is 1. The lowest BCUT2D eigenvalue weighted by atomic mass is 9.74. The van der Waals surface area contributed by atoms with E-state index < -0.39 is 11.2 Å². The van der Waals surface area contributed by atoms with Crippen molar-refractivity contribution in [2.75, 3.05) is 13.2 Å². The average molecular weight is 261 g/mol. The Balaban J connectivity index is 2.97. The summed E-state index contributed by atoms with van der Waals surface area (Å²) in [7, 11) is 0. The van der Waals surface area contributed by atoms with Crippen LogP contribution in [-0.2, 0) is 6.42 Å². The summed E-state index contributed by atoms with van der Waals surface area (Å²) in [4.78, 5) is 0. The van der Waals surface area contributed by atoms with Crippen LogP contribution in [0.25, 0.3) is 0 Å². The normalized spacial score (nSPS) is 12.2. The van der Waals surface area contributed by atoms with Crippen LogP contribution in [0.4, 0.5) is 4.39 Å². The molecule has 0 aliphatic carbocycles. The van der Waals surface area contributed by atoms with Gasteiger partial charge in [-0.2, -0.15) is 0 Å². The van der Waals surface area contributed by atoms with Crippen LogP contribution in [-0.4, -0.2) is 23.4 Å². The highest BCUT2D eigenvalue weighted by atomic mass is 35.5. The zero-order valence-corrected chi connectivity index (χ0v) is 10.8. The van der Waals surface area contributed by atoms with Crippen molar-refractivity contribution < 1.29 is 14.6 Å². The second-order valence-electron chi connectivity index (χ2n) is 4.76. The smallest absolute Gasteiger partial charge is 0.141 e. The van der Waals surface area contributed by atoms with Gasteiger partial charge < -0.3 is 10.2 Å². The molecule has 2 N–H and O–H groups in total. The van der Waals surface area contributed by atoms with E-state index >= 15 is 0 Å². The number of rotatable bonds is 5. The van der Waals surface area contributed by atoms with Crippen molar-refractivity contribution in [3.63, 3.8) is 0 Å². The number of aliphatic hydroxyl groups excluding tert-OH is 2. The average Bonchev–Trinajstić information content (AvgIpc) is 2.30. The minimum Gasteiger partial charge on any atom is -0.396 e. The van der Waals surface area contributed by atoms with E-state index in [9.17, 15) is 14.6 Å². The van der Waals surface area contributed by atoms with Gasteiger partial charge in [0, 0.05) is 5.41 Å². The lowest BCUT2D eigenvalue weighted by molar-refractivity contribution is 0.0163. The molecule has 1 aromatic rings. The van der Waals surface area contributed by atoms with Crippen LogP contribution in [0, 0.1) is 17.2 Å². The fourth-order valence-electron chi connectivity index (χ4n) is 1.79. The van der Waals surface area contributed by atoms with E-state index in [4.69, 9.17) is 11.6 Å². The van der Waals surface area contributed by atoms with E-state index in [-0.39, 0.29) is 24.2 Å². The fraction of sp³-hybridized carbons (Fsp3) is 0.538. The topological polar surface area (TPSA) is 40.5 Å². The second-order valence-corrected chi connectivity index (χ2v) is 5.17. The molecule has 0 aliphatic rings. The molecule has 2 nitrogen and oxygen atoms in total. The maximum atomic E-state index is 13.0. The number of aliphatic hydroxyl groups is 2. The van der Waals surface area contributed by atoms with Crippen molar-refractivity contribution in [1.29, 1.82) is 0 Å². The largest absolute Gasteiger partial charge is 0.396 e. The molecule has 0 saturated heterocycles. The van der Waals surface area contributed by atoms with Crippen LogP contribution < -0.4 is 0 Å². The number of hydrogen-bond acceptors (Lipinski definition) is 2. The first-order valence-electron chi connectivity index (χ1n) is 5.61. The molecule has 0 aliphatic heterocycles. The summed E-state index contributed by atoms with van der Waals surface area (Å²) in [6.07, 6.45) is 0.470. The monoisotopic (exact) mass is 260 g/mol. The van der Waals surface area contributed by atoms with Crippen molar-refractivity contribution >= 4 is 11.6 Å². The Kier molecular flexibility index (Phi) is 4.92. The van der Waals surface area contributed by atoms with Gasteiger partial charge in [0.25, 0.3) is 0 Å². The van der Waals surface area contributed by atoms with E-state index in [1.165, 1.54) is 6.07 Å². The zero-order chi connectivity index (χ0) is 13.1. The Morgan fingerprint density at radius 2 is 1.88 bits per heavy atom. The first-order chi connectivity index (χ1) is 7.95. The third kappa shape index (κ3) is 3.18. The van der Waals surface area contributed by atoms with Gasteiger partial charge in [0.2, 0.25) is 0 Å². The standard InChI is InChI=1S/C13H18ClFO2/c1-9(2)13(7-16,8-17)6-10-3-4-12(15)11(14)5-10/h3-5,9,16-17H,6-8H2,1-2H3. The van der Waals surface area contributed by atoms with E-state index in [1.54, 1.807) is 12.1 Å². The first kappa shape index (κ1) is 14.4. The number of halogens is 2. The predicted octanol–water partition coefficient (Wildman–Crippen LogP) is 2.65. The van der Waals surface area contributed by atoms with Crippen molar-refractivity contribution in [2.24, 2.45) is 11.3 Å². The van der Waals surface area contributed by atoms with Crippen LogP contribution in [0.3, 0.4) is 0 Å². The highest BCUT2D eigenvalue weighted by Crippen LogP contribution is 2.32. The first-order valence-corrected chi connectivity index (χ1v) is 5.98. The van der Waals surface area contributed by atoms with Crippen LogP contribution in [0.2, 0.25) is 5.02 Å². The molecule has 0 atom stereocenters. The molecule has 1 aromatic carbocycles. The quantitative estimate of drug-likeness (QED) is 0.855. The third-order valence-corrected chi connectivity index (χ3v) is 3.68. The van der Waals surface area contributed by atoms with Gasteiger partial charge in [-0.1, -0.05) is 31.5 Å². The molecular formula is C13H18ClFO2. The highest BCUT2D eigenvalue weighted by Gasteiger charge is 2.32. The number of hydrogen-bond donors (Lipinski definition) is 2. The summed E-state index contributed by atoms with van der Waals surface area (Å²) in [6.45, 7) is 3.65. The summed E-state index contributed by atoms with van der Waals surface area (Å²) in [5.41, 5.74) is 0.217. The molecule has 1 rings (SSSR count). The molecule has 0 fully saturated rings. The van der Waals surface area contributed by atoms with Crippen molar-refractivity contribution in [1.82, 2.24) is 0 Å². The zero-order valence-electron chi connectivity index (χ0n) is 10.1.